The van der Waals surface area contributed by atoms with Gasteiger partial charge in [0.15, 0.2) is 17.0 Å². The molecule has 0 saturated heterocycles. The SMILES string of the molecule is CC(C)n1c(Cc2cc(I)ccc2N)nc2c(N)nc(NC3CCC(N)CC3)nc21. The fourth-order valence-corrected chi connectivity index (χ4v) is 4.67. The first-order valence-corrected chi connectivity index (χ1v) is 11.5. The van der Waals surface area contributed by atoms with Crippen molar-refractivity contribution in [1.82, 2.24) is 19.5 Å². The highest BCUT2D eigenvalue weighted by atomic mass is 127. The molecule has 30 heavy (non-hydrogen) atoms. The van der Waals surface area contributed by atoms with Crippen LogP contribution in [0.3, 0.4) is 0 Å². The predicted octanol–water partition coefficient (Wildman–Crippen LogP) is 3.45. The lowest BCUT2D eigenvalue weighted by molar-refractivity contribution is 0.410. The lowest BCUT2D eigenvalue weighted by Crippen LogP contribution is -2.33. The molecular weight excluding hydrogens is 491 g/mol. The first kappa shape index (κ1) is 21.1. The molecule has 0 bridgehead atoms. The molecule has 1 fully saturated rings. The highest BCUT2D eigenvalue weighted by molar-refractivity contribution is 14.1. The Balaban J connectivity index is 1.71. The van der Waals surface area contributed by atoms with E-state index in [0.717, 1.165) is 52.0 Å². The van der Waals surface area contributed by atoms with Gasteiger partial charge in [0, 0.05) is 33.8 Å². The van der Waals surface area contributed by atoms with E-state index >= 15 is 0 Å². The van der Waals surface area contributed by atoms with E-state index in [1.165, 1.54) is 0 Å². The van der Waals surface area contributed by atoms with Crippen LogP contribution < -0.4 is 22.5 Å². The van der Waals surface area contributed by atoms with E-state index in [1.54, 1.807) is 0 Å². The molecule has 4 rings (SSSR count). The number of nitrogens with two attached hydrogens (primary N) is 3. The molecule has 8 nitrogen and oxygen atoms in total. The van der Waals surface area contributed by atoms with Crippen molar-refractivity contribution in [2.24, 2.45) is 5.73 Å². The quantitative estimate of drug-likeness (QED) is 0.299. The Labute approximate surface area is 190 Å². The zero-order valence-corrected chi connectivity index (χ0v) is 19.6. The summed E-state index contributed by atoms with van der Waals surface area (Å²) >= 11 is 2.30. The Morgan fingerprint density at radius 3 is 2.57 bits per heavy atom. The number of imidazole rings is 1. The number of nitrogen functional groups attached to an aromatic ring is 2. The third-order valence-electron chi connectivity index (χ3n) is 5.71. The predicted molar refractivity (Wildman–Crippen MR) is 130 cm³/mol. The summed E-state index contributed by atoms with van der Waals surface area (Å²) in [5, 5.41) is 3.46. The standard InChI is InChI=1S/C21H29IN8/c1-11(2)30-17(10-12-9-13(22)3-8-16(12)24)27-18-19(25)28-21(29-20(18)30)26-15-6-4-14(23)5-7-15/h3,8-9,11,14-15H,4-7,10,23-24H2,1-2H3,(H3,25,26,28,29). The number of nitrogens with one attached hydrogen (secondary N) is 1. The van der Waals surface area contributed by atoms with Crippen LogP contribution in [0.4, 0.5) is 17.5 Å². The molecular formula is C21H29IN8. The third-order valence-corrected chi connectivity index (χ3v) is 6.39. The number of nitrogens with zero attached hydrogens (tertiary/aromatic N) is 4. The number of benzene rings is 1. The second kappa shape index (κ2) is 8.54. The van der Waals surface area contributed by atoms with Crippen LogP contribution >= 0.6 is 22.6 Å². The molecule has 0 aliphatic heterocycles. The third kappa shape index (κ3) is 4.31. The first-order valence-electron chi connectivity index (χ1n) is 10.4. The van der Waals surface area contributed by atoms with Crippen LogP contribution in [-0.2, 0) is 6.42 Å². The van der Waals surface area contributed by atoms with Gasteiger partial charge in [-0.15, -0.1) is 0 Å². The monoisotopic (exact) mass is 520 g/mol. The van der Waals surface area contributed by atoms with E-state index in [4.69, 9.17) is 27.2 Å². The topological polar surface area (TPSA) is 134 Å². The molecule has 1 aromatic carbocycles. The van der Waals surface area contributed by atoms with Crippen molar-refractivity contribution in [2.45, 2.75) is 64.1 Å². The number of aromatic nitrogens is 4. The molecule has 0 atom stereocenters. The van der Waals surface area contributed by atoms with Crippen LogP contribution in [0.1, 0.15) is 57.0 Å². The van der Waals surface area contributed by atoms with Crippen LogP contribution in [-0.4, -0.2) is 31.6 Å². The Bertz CT molecular complexity index is 1050. The second-order valence-electron chi connectivity index (χ2n) is 8.37. The van der Waals surface area contributed by atoms with Crippen LogP contribution in [0.5, 0.6) is 0 Å². The van der Waals surface area contributed by atoms with E-state index in [1.807, 2.05) is 12.1 Å². The fraction of sp³-hybridized carbons (Fsp3) is 0.476. The van der Waals surface area contributed by atoms with Gasteiger partial charge in [0.25, 0.3) is 0 Å². The van der Waals surface area contributed by atoms with Crippen molar-refractivity contribution in [1.29, 1.82) is 0 Å². The van der Waals surface area contributed by atoms with Crippen molar-refractivity contribution in [3.05, 3.63) is 33.2 Å². The minimum absolute atomic E-state index is 0.170. The summed E-state index contributed by atoms with van der Waals surface area (Å²) in [4.78, 5) is 14.1. The molecule has 1 aliphatic carbocycles. The molecule has 3 aromatic rings. The lowest BCUT2D eigenvalue weighted by Gasteiger charge is -2.26. The van der Waals surface area contributed by atoms with E-state index in [0.29, 0.717) is 35.8 Å². The summed E-state index contributed by atoms with van der Waals surface area (Å²) in [5.41, 5.74) is 21.7. The second-order valence-corrected chi connectivity index (χ2v) is 9.62. The zero-order chi connectivity index (χ0) is 21.4. The number of fused-ring (bicyclic) bond motifs is 1. The van der Waals surface area contributed by atoms with Gasteiger partial charge in [-0.2, -0.15) is 9.97 Å². The molecule has 1 aliphatic rings. The molecule has 2 heterocycles. The maximum Gasteiger partial charge on any atom is 0.226 e. The number of hydrogen-bond donors (Lipinski definition) is 4. The Morgan fingerprint density at radius 2 is 1.87 bits per heavy atom. The maximum atomic E-state index is 6.30. The van der Waals surface area contributed by atoms with Crippen molar-refractivity contribution >= 4 is 51.2 Å². The van der Waals surface area contributed by atoms with Crippen molar-refractivity contribution in [3.8, 4) is 0 Å². The summed E-state index contributed by atoms with van der Waals surface area (Å²) in [6, 6.07) is 6.83. The zero-order valence-electron chi connectivity index (χ0n) is 17.4. The average Bonchev–Trinajstić information content (AvgIpc) is 3.05. The summed E-state index contributed by atoms with van der Waals surface area (Å²) in [7, 11) is 0. The van der Waals surface area contributed by atoms with E-state index < -0.39 is 0 Å². The normalized spacial score (nSPS) is 19.5. The summed E-state index contributed by atoms with van der Waals surface area (Å²) in [6.45, 7) is 4.24. The van der Waals surface area contributed by atoms with Gasteiger partial charge in [-0.25, -0.2) is 4.98 Å². The average molecular weight is 520 g/mol. The van der Waals surface area contributed by atoms with E-state index in [-0.39, 0.29) is 6.04 Å². The number of hydrogen-bond acceptors (Lipinski definition) is 7. The Hall–Kier alpha value is -2.14. The van der Waals surface area contributed by atoms with Crippen LogP contribution in [0.2, 0.25) is 0 Å². The molecule has 160 valence electrons. The minimum atomic E-state index is 0.170. The lowest BCUT2D eigenvalue weighted by atomic mass is 9.92. The molecule has 1 saturated carbocycles. The molecule has 7 N–H and O–H groups in total. The summed E-state index contributed by atoms with van der Waals surface area (Å²) in [5.74, 6) is 1.84. The number of anilines is 3. The minimum Gasteiger partial charge on any atom is -0.398 e. The van der Waals surface area contributed by atoms with E-state index in [2.05, 4.69) is 57.4 Å². The summed E-state index contributed by atoms with van der Waals surface area (Å²) < 4.78 is 3.27. The highest BCUT2D eigenvalue weighted by Gasteiger charge is 2.22. The molecule has 0 radical (unpaired) electrons. The summed E-state index contributed by atoms with van der Waals surface area (Å²) in [6.07, 6.45) is 4.67. The molecule has 0 unspecified atom stereocenters. The van der Waals surface area contributed by atoms with Gasteiger partial charge in [-0.3, -0.25) is 0 Å². The molecule has 0 spiro atoms. The maximum absolute atomic E-state index is 6.30. The van der Waals surface area contributed by atoms with Gasteiger partial charge < -0.3 is 27.1 Å². The van der Waals surface area contributed by atoms with Crippen LogP contribution in [0.25, 0.3) is 11.2 Å². The van der Waals surface area contributed by atoms with Gasteiger partial charge in [0.2, 0.25) is 5.95 Å². The van der Waals surface area contributed by atoms with Crippen LogP contribution in [0.15, 0.2) is 18.2 Å². The van der Waals surface area contributed by atoms with Crippen LogP contribution in [0, 0.1) is 3.57 Å². The Morgan fingerprint density at radius 1 is 1.13 bits per heavy atom. The highest BCUT2D eigenvalue weighted by Crippen LogP contribution is 2.28. The molecule has 0 amide bonds. The van der Waals surface area contributed by atoms with Crippen molar-refractivity contribution < 1.29 is 0 Å². The smallest absolute Gasteiger partial charge is 0.226 e. The number of halogens is 1. The van der Waals surface area contributed by atoms with Gasteiger partial charge in [0.05, 0.1) is 0 Å². The first-order chi connectivity index (χ1) is 14.3. The van der Waals surface area contributed by atoms with Crippen molar-refractivity contribution in [3.63, 3.8) is 0 Å². The molecule has 2 aromatic heterocycles. The largest absolute Gasteiger partial charge is 0.398 e. The van der Waals surface area contributed by atoms with E-state index in [9.17, 15) is 0 Å². The van der Waals surface area contributed by atoms with Crippen molar-refractivity contribution in [2.75, 3.05) is 16.8 Å². The Kier molecular flexibility index (Phi) is 6.01. The van der Waals surface area contributed by atoms with Gasteiger partial charge >= 0.3 is 0 Å². The fourth-order valence-electron chi connectivity index (χ4n) is 4.12. The van der Waals surface area contributed by atoms with Gasteiger partial charge in [0.1, 0.15) is 5.82 Å². The van der Waals surface area contributed by atoms with Gasteiger partial charge in [-0.1, -0.05) is 0 Å². The van der Waals surface area contributed by atoms with Gasteiger partial charge in [-0.05, 0) is 85.9 Å². The molecule has 9 heteroatoms. The number of rotatable bonds is 5.